The maximum atomic E-state index is 13.6. The Kier molecular flexibility index (Phi) is 2.80. The topological polar surface area (TPSA) is 24.9 Å². The summed E-state index contributed by atoms with van der Waals surface area (Å²) >= 11 is 1.20. The normalized spacial score (nSPS) is 11.4. The van der Waals surface area contributed by atoms with Gasteiger partial charge in [0, 0.05) is 18.7 Å². The van der Waals surface area contributed by atoms with Gasteiger partial charge >= 0.3 is 0 Å². The molecule has 5 heteroatoms. The first-order valence-corrected chi connectivity index (χ1v) is 5.82. The van der Waals surface area contributed by atoms with Crippen LogP contribution in [0.25, 0.3) is 10.2 Å². The number of anilines is 1. The maximum absolute atomic E-state index is 13.6. The molecular weight excluding hydrogens is 230 g/mol. The SMILES string of the molecule is CNc1nc2c(C(C)C)c(F)cc(F)c2s1. The molecule has 0 aliphatic carbocycles. The van der Waals surface area contributed by atoms with Crippen molar-refractivity contribution in [3.05, 3.63) is 23.3 Å². The third-order valence-electron chi connectivity index (χ3n) is 2.40. The van der Waals surface area contributed by atoms with E-state index in [9.17, 15) is 8.78 Å². The van der Waals surface area contributed by atoms with Crippen molar-refractivity contribution in [3.63, 3.8) is 0 Å². The zero-order chi connectivity index (χ0) is 11.9. The highest BCUT2D eigenvalue weighted by atomic mass is 32.1. The van der Waals surface area contributed by atoms with E-state index in [0.717, 1.165) is 6.07 Å². The van der Waals surface area contributed by atoms with Gasteiger partial charge in [0.25, 0.3) is 0 Å². The molecule has 2 nitrogen and oxygen atoms in total. The first kappa shape index (κ1) is 11.3. The van der Waals surface area contributed by atoms with Crippen LogP contribution in [-0.4, -0.2) is 12.0 Å². The molecule has 1 heterocycles. The number of benzene rings is 1. The minimum atomic E-state index is -0.545. The minimum absolute atomic E-state index is 0.0186. The van der Waals surface area contributed by atoms with Gasteiger partial charge in [0.15, 0.2) is 5.13 Å². The number of hydrogen-bond acceptors (Lipinski definition) is 3. The Labute approximate surface area is 96.3 Å². The Balaban J connectivity index is 2.82. The molecule has 1 aromatic heterocycles. The van der Waals surface area contributed by atoms with Crippen LogP contribution in [0.4, 0.5) is 13.9 Å². The zero-order valence-electron chi connectivity index (χ0n) is 9.27. The van der Waals surface area contributed by atoms with Gasteiger partial charge in [-0.1, -0.05) is 25.2 Å². The van der Waals surface area contributed by atoms with E-state index < -0.39 is 11.6 Å². The molecule has 1 aromatic carbocycles. The molecule has 0 fully saturated rings. The van der Waals surface area contributed by atoms with Crippen LogP contribution in [0, 0.1) is 11.6 Å². The molecule has 0 aliphatic rings. The van der Waals surface area contributed by atoms with E-state index >= 15 is 0 Å². The largest absolute Gasteiger partial charge is 0.365 e. The molecule has 2 aromatic rings. The van der Waals surface area contributed by atoms with E-state index in [-0.39, 0.29) is 5.92 Å². The first-order chi connectivity index (χ1) is 7.54. The number of nitrogens with one attached hydrogen (secondary N) is 1. The summed E-state index contributed by atoms with van der Waals surface area (Å²) in [6, 6.07) is 0.940. The van der Waals surface area contributed by atoms with Crippen LogP contribution in [0.1, 0.15) is 25.3 Å². The Hall–Kier alpha value is -1.23. The molecule has 0 bridgehead atoms. The van der Waals surface area contributed by atoms with Gasteiger partial charge in [-0.3, -0.25) is 0 Å². The third kappa shape index (κ3) is 1.65. The average Bonchev–Trinajstić information content (AvgIpc) is 2.61. The van der Waals surface area contributed by atoms with Gasteiger partial charge in [-0.2, -0.15) is 0 Å². The second-order valence-corrected chi connectivity index (χ2v) is 4.85. The highest BCUT2D eigenvalue weighted by molar-refractivity contribution is 7.22. The van der Waals surface area contributed by atoms with E-state index in [1.54, 1.807) is 7.05 Å². The molecule has 2 rings (SSSR count). The molecule has 86 valence electrons. The lowest BCUT2D eigenvalue weighted by Gasteiger charge is -2.07. The summed E-state index contributed by atoms with van der Waals surface area (Å²) in [6.45, 7) is 3.74. The van der Waals surface area contributed by atoms with Crippen molar-refractivity contribution in [1.82, 2.24) is 4.98 Å². The van der Waals surface area contributed by atoms with Crippen molar-refractivity contribution in [2.45, 2.75) is 19.8 Å². The summed E-state index contributed by atoms with van der Waals surface area (Å²) in [4.78, 5) is 4.20. The number of nitrogens with zero attached hydrogens (tertiary/aromatic N) is 1. The summed E-state index contributed by atoms with van der Waals surface area (Å²) in [5.41, 5.74) is 0.913. The van der Waals surface area contributed by atoms with Gasteiger partial charge in [-0.25, -0.2) is 13.8 Å². The second kappa shape index (κ2) is 3.97. The molecule has 0 unspecified atom stereocenters. The molecule has 1 N–H and O–H groups in total. The van der Waals surface area contributed by atoms with Crippen molar-refractivity contribution in [2.24, 2.45) is 0 Å². The van der Waals surface area contributed by atoms with Gasteiger partial charge in [-0.15, -0.1) is 0 Å². The van der Waals surface area contributed by atoms with Gasteiger partial charge in [0.2, 0.25) is 0 Å². The summed E-state index contributed by atoms with van der Waals surface area (Å²) in [6.07, 6.45) is 0. The fraction of sp³-hybridized carbons (Fsp3) is 0.364. The molecule has 0 atom stereocenters. The fourth-order valence-electron chi connectivity index (χ4n) is 1.69. The standard InChI is InChI=1S/C11H12F2N2S/c1-5(2)8-6(12)4-7(13)10-9(8)15-11(14-3)16-10/h4-5H,1-3H3,(H,14,15). The van der Waals surface area contributed by atoms with Crippen molar-refractivity contribution in [1.29, 1.82) is 0 Å². The molecule has 0 spiro atoms. The monoisotopic (exact) mass is 242 g/mol. The molecule has 0 aliphatic heterocycles. The lowest BCUT2D eigenvalue weighted by molar-refractivity contribution is 0.574. The number of rotatable bonds is 2. The highest BCUT2D eigenvalue weighted by Gasteiger charge is 2.18. The number of fused-ring (bicyclic) bond motifs is 1. The van der Waals surface area contributed by atoms with Gasteiger partial charge < -0.3 is 5.32 Å². The molecule has 16 heavy (non-hydrogen) atoms. The van der Waals surface area contributed by atoms with Crippen molar-refractivity contribution in [2.75, 3.05) is 12.4 Å². The van der Waals surface area contributed by atoms with Gasteiger partial charge in [0.05, 0.1) is 10.2 Å². The van der Waals surface area contributed by atoms with Crippen LogP contribution in [0.15, 0.2) is 6.07 Å². The molecule has 0 saturated carbocycles. The summed E-state index contributed by atoms with van der Waals surface area (Å²) < 4.78 is 27.6. The van der Waals surface area contributed by atoms with Crippen molar-refractivity contribution in [3.8, 4) is 0 Å². The van der Waals surface area contributed by atoms with Crippen LogP contribution >= 0.6 is 11.3 Å². The van der Waals surface area contributed by atoms with Gasteiger partial charge in [-0.05, 0) is 5.92 Å². The van der Waals surface area contributed by atoms with E-state index in [4.69, 9.17) is 0 Å². The summed E-state index contributed by atoms with van der Waals surface area (Å²) in [5.74, 6) is -1.08. The Morgan fingerprint density at radius 2 is 2.00 bits per heavy atom. The van der Waals surface area contributed by atoms with Crippen LogP contribution in [-0.2, 0) is 0 Å². The number of hydrogen-bond donors (Lipinski definition) is 1. The third-order valence-corrected chi connectivity index (χ3v) is 3.48. The zero-order valence-corrected chi connectivity index (χ0v) is 10.1. The quantitative estimate of drug-likeness (QED) is 0.867. The van der Waals surface area contributed by atoms with E-state index in [1.807, 2.05) is 13.8 Å². The summed E-state index contributed by atoms with van der Waals surface area (Å²) in [7, 11) is 1.71. The van der Waals surface area contributed by atoms with Crippen LogP contribution in [0.5, 0.6) is 0 Å². The van der Waals surface area contributed by atoms with Gasteiger partial charge in [0.1, 0.15) is 11.6 Å². The van der Waals surface area contributed by atoms with Crippen LogP contribution in [0.3, 0.4) is 0 Å². The number of aromatic nitrogens is 1. The molecular formula is C11H12F2N2S. The molecule has 0 amide bonds. The highest BCUT2D eigenvalue weighted by Crippen LogP contribution is 2.35. The number of thiazole rings is 1. The predicted octanol–water partition coefficient (Wildman–Crippen LogP) is 3.74. The lowest BCUT2D eigenvalue weighted by Crippen LogP contribution is -1.96. The Morgan fingerprint density at radius 3 is 2.56 bits per heavy atom. The van der Waals surface area contributed by atoms with Crippen molar-refractivity contribution < 1.29 is 8.78 Å². The smallest absolute Gasteiger partial charge is 0.183 e. The average molecular weight is 242 g/mol. The molecule has 0 radical (unpaired) electrons. The van der Waals surface area contributed by atoms with E-state index in [1.165, 1.54) is 11.3 Å². The maximum Gasteiger partial charge on any atom is 0.183 e. The van der Waals surface area contributed by atoms with E-state index in [0.29, 0.717) is 20.9 Å². The summed E-state index contributed by atoms with van der Waals surface area (Å²) in [5, 5.41) is 3.45. The fourth-order valence-corrected chi connectivity index (χ4v) is 2.53. The lowest BCUT2D eigenvalue weighted by atomic mass is 10.0. The van der Waals surface area contributed by atoms with Crippen LogP contribution < -0.4 is 5.32 Å². The Bertz CT molecular complexity index is 534. The predicted molar refractivity (Wildman–Crippen MR) is 63.2 cm³/mol. The minimum Gasteiger partial charge on any atom is -0.365 e. The number of halogens is 2. The van der Waals surface area contributed by atoms with Crippen molar-refractivity contribution >= 4 is 26.7 Å². The molecule has 0 saturated heterocycles. The Morgan fingerprint density at radius 1 is 1.31 bits per heavy atom. The van der Waals surface area contributed by atoms with Crippen LogP contribution in [0.2, 0.25) is 0 Å². The van der Waals surface area contributed by atoms with E-state index in [2.05, 4.69) is 10.3 Å². The second-order valence-electron chi connectivity index (χ2n) is 3.86. The first-order valence-electron chi connectivity index (χ1n) is 5.00.